The van der Waals surface area contributed by atoms with E-state index >= 15 is 0 Å². The van der Waals surface area contributed by atoms with Crippen molar-refractivity contribution in [2.75, 3.05) is 40.2 Å². The van der Waals surface area contributed by atoms with Crippen LogP contribution in [-0.4, -0.2) is 89.1 Å². The molecule has 0 saturated carbocycles. The lowest BCUT2D eigenvalue weighted by Crippen LogP contribution is -2.34. The van der Waals surface area contributed by atoms with E-state index in [1.807, 2.05) is 0 Å². The molecular weight excluding hydrogens is 720 g/mol. The molecule has 0 fully saturated rings. The molecule has 6 N–H and O–H groups in total. The number of anilines is 5. The quantitative estimate of drug-likeness (QED) is 0.102. The second-order valence-corrected chi connectivity index (χ2v) is 13.3. The Labute approximate surface area is 315 Å². The Balaban J connectivity index is 1.23. The van der Waals surface area contributed by atoms with Crippen molar-refractivity contribution < 1.29 is 43.0 Å². The Morgan fingerprint density at radius 2 is 1.13 bits per heavy atom. The Morgan fingerprint density at radius 3 is 1.65 bits per heavy atom. The van der Waals surface area contributed by atoms with Crippen molar-refractivity contribution in [1.82, 2.24) is 33.6 Å². The zero-order chi connectivity index (χ0) is 40.6. The number of hydrogen-bond acceptors (Lipinski definition) is 11. The van der Waals surface area contributed by atoms with E-state index in [9.17, 15) is 33.6 Å². The number of aryl methyl sites for hydroxylation is 4. The summed E-state index contributed by atoms with van der Waals surface area (Å²) in [4.78, 5) is 95.4. The van der Waals surface area contributed by atoms with Gasteiger partial charge in [0.2, 0.25) is 29.4 Å². The third-order valence-electron chi connectivity index (χ3n) is 7.48. The highest BCUT2D eigenvalue weighted by atomic mass is 16.6. The smallest absolute Gasteiger partial charge is 0.407 e. The topological polar surface area (TPSA) is 256 Å². The molecule has 0 aliphatic rings. The molecule has 0 atom stereocenters. The highest BCUT2D eigenvalue weighted by Crippen LogP contribution is 2.20. The van der Waals surface area contributed by atoms with Gasteiger partial charge in [0.1, 0.15) is 17.1 Å². The summed E-state index contributed by atoms with van der Waals surface area (Å²) in [6, 6.07) is 2.97. The third kappa shape index (κ3) is 11.5. The van der Waals surface area contributed by atoms with Crippen LogP contribution in [0.5, 0.6) is 0 Å². The van der Waals surface area contributed by atoms with Gasteiger partial charge in [-0.1, -0.05) is 0 Å². The Kier molecular flexibility index (Phi) is 12.8. The maximum Gasteiger partial charge on any atom is 0.407 e. The molecule has 0 radical (unpaired) electrons. The molecule has 294 valence electrons. The van der Waals surface area contributed by atoms with Crippen LogP contribution < -0.4 is 31.9 Å². The zero-order valence-corrected chi connectivity index (χ0v) is 31.7. The van der Waals surface area contributed by atoms with Crippen molar-refractivity contribution in [3.8, 4) is 0 Å². The minimum absolute atomic E-state index is 0.00583. The van der Waals surface area contributed by atoms with Crippen molar-refractivity contribution >= 4 is 70.4 Å². The molecule has 0 spiro atoms. The molecule has 0 aliphatic carbocycles. The van der Waals surface area contributed by atoms with Crippen LogP contribution in [0.1, 0.15) is 71.8 Å². The molecule has 0 unspecified atom stereocenters. The van der Waals surface area contributed by atoms with Crippen LogP contribution in [0.3, 0.4) is 0 Å². The number of amides is 6. The van der Waals surface area contributed by atoms with Gasteiger partial charge in [0.15, 0.2) is 11.6 Å². The first-order valence-corrected chi connectivity index (χ1v) is 16.8. The maximum absolute atomic E-state index is 13.0. The number of ether oxygens (including phenoxy) is 2. The first-order valence-electron chi connectivity index (χ1n) is 16.8. The van der Waals surface area contributed by atoms with Gasteiger partial charge in [-0.15, -0.1) is 0 Å². The van der Waals surface area contributed by atoms with E-state index in [0.717, 1.165) is 0 Å². The molecule has 0 aromatic carbocycles. The highest BCUT2D eigenvalue weighted by molar-refractivity contribution is 6.04. The van der Waals surface area contributed by atoms with Gasteiger partial charge in [-0.2, -0.15) is 0 Å². The number of nitrogens with one attached hydrogen (secondary N) is 6. The van der Waals surface area contributed by atoms with E-state index in [1.165, 1.54) is 51.5 Å². The minimum atomic E-state index is -0.669. The number of alkyl carbamates (subject to hydrolysis) is 1. The van der Waals surface area contributed by atoms with Gasteiger partial charge in [-0.05, 0) is 26.8 Å². The van der Waals surface area contributed by atoms with E-state index in [0.29, 0.717) is 17.2 Å². The summed E-state index contributed by atoms with van der Waals surface area (Å²) in [6.45, 7) is 5.21. The number of aromatic nitrogens is 6. The lowest BCUT2D eigenvalue weighted by atomic mass is 10.2. The number of nitrogens with zero attached hydrogens (tertiary/aromatic N) is 6. The fourth-order valence-corrected chi connectivity index (χ4v) is 4.98. The molecule has 0 aliphatic heterocycles. The average molecular weight is 765 g/mol. The molecule has 21 nitrogen and oxygen atoms in total. The van der Waals surface area contributed by atoms with Gasteiger partial charge >= 0.3 is 12.1 Å². The number of imidazole rings is 2. The number of carbonyl (C=O) groups is 7. The van der Waals surface area contributed by atoms with Crippen LogP contribution in [-0.2, 0) is 52.0 Å². The first-order chi connectivity index (χ1) is 25.8. The van der Waals surface area contributed by atoms with Crippen molar-refractivity contribution in [1.29, 1.82) is 0 Å². The van der Waals surface area contributed by atoms with E-state index in [-0.39, 0.29) is 54.8 Å². The summed E-state index contributed by atoms with van der Waals surface area (Å²) in [5, 5.41) is 15.7. The van der Waals surface area contributed by atoms with Gasteiger partial charge in [0.05, 0.1) is 18.5 Å². The highest BCUT2D eigenvalue weighted by Gasteiger charge is 2.21. The predicted molar refractivity (Wildman–Crippen MR) is 198 cm³/mol. The molecule has 4 rings (SSSR count). The van der Waals surface area contributed by atoms with Crippen LogP contribution in [0.15, 0.2) is 36.9 Å². The van der Waals surface area contributed by atoms with Crippen LogP contribution >= 0.6 is 0 Å². The van der Waals surface area contributed by atoms with E-state index < -0.39 is 47.2 Å². The van der Waals surface area contributed by atoms with Crippen molar-refractivity contribution in [2.45, 2.75) is 45.6 Å². The molecule has 6 amide bonds. The fourth-order valence-electron chi connectivity index (χ4n) is 4.98. The number of carbonyl (C=O) groups excluding carboxylic acids is 7. The van der Waals surface area contributed by atoms with Gasteiger partial charge in [-0.25, -0.2) is 19.6 Å². The van der Waals surface area contributed by atoms with E-state index in [1.54, 1.807) is 59.7 Å². The molecule has 55 heavy (non-hydrogen) atoms. The maximum atomic E-state index is 13.0. The average Bonchev–Trinajstić information content (AvgIpc) is 3.84. The molecule has 4 aromatic rings. The molecule has 0 bridgehead atoms. The summed E-state index contributed by atoms with van der Waals surface area (Å²) in [7, 11) is 7.67. The van der Waals surface area contributed by atoms with Crippen LogP contribution in [0.2, 0.25) is 0 Å². The summed E-state index contributed by atoms with van der Waals surface area (Å²) in [6.07, 6.45) is 4.92. The van der Waals surface area contributed by atoms with Gasteiger partial charge in [-0.3, -0.25) is 24.0 Å². The summed E-state index contributed by atoms with van der Waals surface area (Å²) < 4.78 is 15.7. The lowest BCUT2D eigenvalue weighted by Gasteiger charge is -2.19. The van der Waals surface area contributed by atoms with Crippen molar-refractivity contribution in [3.05, 3.63) is 54.3 Å². The Hall–Kier alpha value is -6.93. The molecule has 4 heterocycles. The minimum Gasteiger partial charge on any atom is -0.464 e. The molecule has 4 aromatic heterocycles. The summed E-state index contributed by atoms with van der Waals surface area (Å²) in [5.41, 5.74) is 0.249. The zero-order valence-electron chi connectivity index (χ0n) is 31.7. The molecular formula is C34H44N12O9. The SMILES string of the molecule is COC(=O)c1cc(NC(=O)c2nc(NC(=O)CCC(=O)Nc3cc(NC(=O)c4nc(NC(=O)CCNC(=O)OC(C)(C)C)cn4C)cn3C)cn2C)cn1C. The van der Waals surface area contributed by atoms with E-state index in [2.05, 4.69) is 41.9 Å². The van der Waals surface area contributed by atoms with Crippen LogP contribution in [0.25, 0.3) is 0 Å². The van der Waals surface area contributed by atoms with E-state index in [4.69, 9.17) is 9.47 Å². The number of rotatable bonds is 14. The number of methoxy groups -OCH3 is 1. The second kappa shape index (κ2) is 17.3. The van der Waals surface area contributed by atoms with Gasteiger partial charge < -0.3 is 59.6 Å². The standard InChI is InChI=1S/C34H44N12O9/c1-34(2,3)55-33(53)35-12-11-27(49)39-23-18-46(7)29(41-23)31(51)37-20-14-24(44(5)16-20)42-26(48)10-9-25(47)38-22-17-45(6)28(40-22)30(50)36-19-13-21(32(52)54-8)43(4)15-19/h13-18H,9-12H2,1-8H3,(H,35,53)(H,36,50)(H,37,51)(H,38,47)(H,39,49)(H,42,48). The van der Waals surface area contributed by atoms with Crippen molar-refractivity contribution in [2.24, 2.45) is 28.2 Å². The molecule has 21 heteroatoms. The number of hydrogen-bond donors (Lipinski definition) is 6. The van der Waals surface area contributed by atoms with Crippen molar-refractivity contribution in [3.63, 3.8) is 0 Å². The normalized spacial score (nSPS) is 11.0. The Morgan fingerprint density at radius 1 is 0.636 bits per heavy atom. The van der Waals surface area contributed by atoms with Crippen LogP contribution in [0.4, 0.5) is 33.6 Å². The summed E-state index contributed by atoms with van der Waals surface area (Å²) >= 11 is 0. The second-order valence-electron chi connectivity index (χ2n) is 13.3. The third-order valence-corrected chi connectivity index (χ3v) is 7.48. The van der Waals surface area contributed by atoms with Crippen LogP contribution in [0, 0.1) is 0 Å². The van der Waals surface area contributed by atoms with Gasteiger partial charge in [0, 0.05) is 84.9 Å². The monoisotopic (exact) mass is 764 g/mol. The fraction of sp³-hybridized carbons (Fsp3) is 0.382. The number of esters is 1. The van der Waals surface area contributed by atoms with Gasteiger partial charge in [0.25, 0.3) is 11.8 Å². The molecule has 0 saturated heterocycles. The lowest BCUT2D eigenvalue weighted by molar-refractivity contribution is -0.121. The largest absolute Gasteiger partial charge is 0.464 e. The first kappa shape index (κ1) is 40.8. The predicted octanol–water partition coefficient (Wildman–Crippen LogP) is 2.33. The Bertz CT molecular complexity index is 2120. The summed E-state index contributed by atoms with van der Waals surface area (Å²) in [5.74, 6) is -2.62.